The van der Waals surface area contributed by atoms with Crippen LogP contribution >= 0.6 is 15.9 Å². The maximum atomic E-state index is 12.4. The zero-order valence-corrected chi connectivity index (χ0v) is 13.4. The smallest absolute Gasteiger partial charge is 0.266 e. The van der Waals surface area contributed by atoms with Gasteiger partial charge in [0.05, 0.1) is 12.8 Å². The average Bonchev–Trinajstić information content (AvgIpc) is 2.77. The Balaban J connectivity index is 2.43. The number of H-pyrrole nitrogens is 1. The fourth-order valence-corrected chi connectivity index (χ4v) is 3.38. The number of nitrogens with zero attached hydrogens (tertiary/aromatic N) is 1. The fourth-order valence-electron chi connectivity index (χ4n) is 1.61. The van der Waals surface area contributed by atoms with Crippen LogP contribution in [0.2, 0.25) is 0 Å². The molecule has 2 N–H and O–H groups in total. The van der Waals surface area contributed by atoms with Crippen LogP contribution in [0.15, 0.2) is 33.8 Å². The van der Waals surface area contributed by atoms with E-state index in [9.17, 15) is 8.42 Å². The molecule has 0 amide bonds. The van der Waals surface area contributed by atoms with Gasteiger partial charge in [0.15, 0.2) is 0 Å². The highest BCUT2D eigenvalue weighted by molar-refractivity contribution is 9.10. The Morgan fingerprint density at radius 2 is 2.20 bits per heavy atom. The van der Waals surface area contributed by atoms with Crippen LogP contribution < -0.4 is 9.46 Å². The van der Waals surface area contributed by atoms with Crippen LogP contribution in [0.3, 0.4) is 0 Å². The number of hydrogen-bond donors (Lipinski definition) is 2. The predicted molar refractivity (Wildman–Crippen MR) is 79.4 cm³/mol. The first-order chi connectivity index (χ1) is 9.44. The number of aryl methyl sites for hydroxylation is 1. The summed E-state index contributed by atoms with van der Waals surface area (Å²) in [4.78, 5) is 0.0720. The average molecular weight is 360 g/mol. The van der Waals surface area contributed by atoms with Gasteiger partial charge in [0.2, 0.25) is 0 Å². The summed E-state index contributed by atoms with van der Waals surface area (Å²) < 4.78 is 33.4. The number of nitrogens with one attached hydrogen (secondary N) is 2. The number of anilines is 1. The van der Waals surface area contributed by atoms with E-state index in [1.54, 1.807) is 32.2 Å². The summed E-state index contributed by atoms with van der Waals surface area (Å²) in [7, 11) is -3.76. The Kier molecular flexibility index (Phi) is 4.34. The van der Waals surface area contributed by atoms with Crippen molar-refractivity contribution in [2.45, 2.75) is 18.7 Å². The molecule has 0 unspecified atom stereocenters. The Morgan fingerprint density at radius 3 is 2.80 bits per heavy atom. The van der Waals surface area contributed by atoms with Crippen molar-refractivity contribution in [3.8, 4) is 5.75 Å². The first kappa shape index (κ1) is 14.9. The van der Waals surface area contributed by atoms with Crippen molar-refractivity contribution in [2.75, 3.05) is 11.3 Å². The molecule has 0 aliphatic rings. The van der Waals surface area contributed by atoms with Gasteiger partial charge in [-0.1, -0.05) is 15.9 Å². The molecule has 2 rings (SSSR count). The van der Waals surface area contributed by atoms with Crippen LogP contribution in [0.1, 0.15) is 12.5 Å². The van der Waals surface area contributed by atoms with Crippen LogP contribution in [-0.4, -0.2) is 25.2 Å². The van der Waals surface area contributed by atoms with Crippen molar-refractivity contribution in [2.24, 2.45) is 0 Å². The molecular weight excluding hydrogens is 346 g/mol. The quantitative estimate of drug-likeness (QED) is 0.859. The first-order valence-electron chi connectivity index (χ1n) is 5.89. The van der Waals surface area contributed by atoms with Crippen molar-refractivity contribution < 1.29 is 13.2 Å². The molecule has 1 aromatic heterocycles. The van der Waals surface area contributed by atoms with E-state index in [1.165, 1.54) is 6.07 Å². The van der Waals surface area contributed by atoms with E-state index in [0.717, 1.165) is 0 Å². The summed E-state index contributed by atoms with van der Waals surface area (Å²) in [5, 5.41) is 6.39. The van der Waals surface area contributed by atoms with Crippen molar-refractivity contribution >= 4 is 31.8 Å². The zero-order chi connectivity index (χ0) is 14.8. The lowest BCUT2D eigenvalue weighted by atomic mass is 10.3. The third kappa shape index (κ3) is 3.13. The molecule has 0 saturated heterocycles. The maximum absolute atomic E-state index is 12.4. The van der Waals surface area contributed by atoms with Gasteiger partial charge in [-0.15, -0.1) is 0 Å². The molecule has 6 nitrogen and oxygen atoms in total. The molecule has 1 heterocycles. The van der Waals surface area contributed by atoms with Crippen molar-refractivity contribution in [1.82, 2.24) is 10.2 Å². The molecule has 0 bridgehead atoms. The zero-order valence-electron chi connectivity index (χ0n) is 11.0. The van der Waals surface area contributed by atoms with Gasteiger partial charge in [0.25, 0.3) is 10.0 Å². The second-order valence-corrected chi connectivity index (χ2v) is 6.62. The minimum absolute atomic E-state index is 0.0720. The van der Waals surface area contributed by atoms with Gasteiger partial charge < -0.3 is 4.74 Å². The Bertz CT molecular complexity index is 712. The molecule has 0 radical (unpaired) electrons. The van der Waals surface area contributed by atoms with Gasteiger partial charge in [-0.3, -0.25) is 9.82 Å². The largest absolute Gasteiger partial charge is 0.492 e. The number of benzene rings is 1. The normalized spacial score (nSPS) is 11.3. The van der Waals surface area contributed by atoms with Crippen LogP contribution in [0.25, 0.3) is 0 Å². The molecule has 0 saturated carbocycles. The van der Waals surface area contributed by atoms with Gasteiger partial charge in [-0.25, -0.2) is 8.42 Å². The topological polar surface area (TPSA) is 84.1 Å². The van der Waals surface area contributed by atoms with Crippen LogP contribution in [0, 0.1) is 6.92 Å². The van der Waals surface area contributed by atoms with Gasteiger partial charge >= 0.3 is 0 Å². The number of ether oxygens (including phenoxy) is 1. The van der Waals surface area contributed by atoms with E-state index in [0.29, 0.717) is 28.2 Å². The second-order valence-electron chi connectivity index (χ2n) is 4.06. The minimum atomic E-state index is -3.76. The Hall–Kier alpha value is -1.54. The van der Waals surface area contributed by atoms with E-state index < -0.39 is 10.0 Å². The highest BCUT2D eigenvalue weighted by Gasteiger charge is 2.21. The van der Waals surface area contributed by atoms with Gasteiger partial charge in [0.1, 0.15) is 16.5 Å². The van der Waals surface area contributed by atoms with Gasteiger partial charge in [-0.2, -0.15) is 5.10 Å². The van der Waals surface area contributed by atoms with E-state index in [1.807, 2.05) is 0 Å². The summed E-state index contributed by atoms with van der Waals surface area (Å²) in [5.74, 6) is 0.646. The van der Waals surface area contributed by atoms with Crippen molar-refractivity contribution in [1.29, 1.82) is 0 Å². The number of hydrogen-bond acceptors (Lipinski definition) is 4. The Labute approximate surface area is 125 Å². The lowest BCUT2D eigenvalue weighted by Gasteiger charge is -2.12. The molecule has 2 aromatic rings. The van der Waals surface area contributed by atoms with E-state index >= 15 is 0 Å². The molecule has 0 aliphatic heterocycles. The molecule has 0 atom stereocenters. The Morgan fingerprint density at radius 1 is 1.45 bits per heavy atom. The lowest BCUT2D eigenvalue weighted by molar-refractivity contribution is 0.331. The monoisotopic (exact) mass is 359 g/mol. The fraction of sp³-hybridized carbons (Fsp3) is 0.250. The summed E-state index contributed by atoms with van der Waals surface area (Å²) in [6, 6.07) is 4.84. The summed E-state index contributed by atoms with van der Waals surface area (Å²) in [5.41, 5.74) is 0.710. The molecule has 0 spiro atoms. The SMILES string of the molecule is CCOc1ccc(Br)cc1S(=O)(=O)Nc1[nH]ncc1C. The molecule has 20 heavy (non-hydrogen) atoms. The van der Waals surface area contributed by atoms with E-state index in [4.69, 9.17) is 4.74 Å². The highest BCUT2D eigenvalue weighted by Crippen LogP contribution is 2.29. The summed E-state index contributed by atoms with van der Waals surface area (Å²) >= 11 is 3.26. The second kappa shape index (κ2) is 5.84. The molecular formula is C12H14BrN3O3S. The molecule has 8 heteroatoms. The lowest BCUT2D eigenvalue weighted by Crippen LogP contribution is -2.15. The molecule has 1 aromatic carbocycles. The van der Waals surface area contributed by atoms with E-state index in [2.05, 4.69) is 30.8 Å². The summed E-state index contributed by atoms with van der Waals surface area (Å²) in [6.07, 6.45) is 1.54. The first-order valence-corrected chi connectivity index (χ1v) is 8.17. The number of aromatic nitrogens is 2. The van der Waals surface area contributed by atoms with Crippen LogP contribution in [0.5, 0.6) is 5.75 Å². The third-order valence-electron chi connectivity index (χ3n) is 2.56. The third-order valence-corrected chi connectivity index (χ3v) is 4.42. The standard InChI is InChI=1S/C12H14BrN3O3S/c1-3-19-10-5-4-9(13)6-11(10)20(17,18)16-12-8(2)7-14-15-12/h4-7H,3H2,1-2H3,(H2,14,15,16). The molecule has 108 valence electrons. The maximum Gasteiger partial charge on any atom is 0.266 e. The van der Waals surface area contributed by atoms with Gasteiger partial charge in [-0.05, 0) is 32.0 Å². The predicted octanol–water partition coefficient (Wildman–Crippen LogP) is 2.68. The number of rotatable bonds is 5. The molecule has 0 fully saturated rings. The van der Waals surface area contributed by atoms with Crippen LogP contribution in [-0.2, 0) is 10.0 Å². The minimum Gasteiger partial charge on any atom is -0.492 e. The number of sulfonamides is 1. The van der Waals surface area contributed by atoms with Gasteiger partial charge in [0, 0.05) is 10.0 Å². The van der Waals surface area contributed by atoms with Crippen molar-refractivity contribution in [3.63, 3.8) is 0 Å². The van der Waals surface area contributed by atoms with Crippen molar-refractivity contribution in [3.05, 3.63) is 34.4 Å². The number of aromatic amines is 1. The summed E-state index contributed by atoms with van der Waals surface area (Å²) in [6.45, 7) is 3.93. The van der Waals surface area contributed by atoms with E-state index in [-0.39, 0.29) is 4.90 Å². The van der Waals surface area contributed by atoms with Crippen LogP contribution in [0.4, 0.5) is 5.82 Å². The number of halogens is 1. The molecule has 0 aliphatic carbocycles. The highest BCUT2D eigenvalue weighted by atomic mass is 79.9.